The van der Waals surface area contributed by atoms with E-state index in [-0.39, 0.29) is 23.8 Å². The minimum atomic E-state index is -0.0442. The highest BCUT2D eigenvalue weighted by molar-refractivity contribution is 6.33. The molecule has 25 heavy (non-hydrogen) atoms. The first-order valence-electron chi connectivity index (χ1n) is 9.14. The van der Waals surface area contributed by atoms with Gasteiger partial charge in [0, 0.05) is 38.1 Å². The van der Waals surface area contributed by atoms with Crippen molar-refractivity contribution in [2.75, 3.05) is 26.2 Å². The lowest BCUT2D eigenvalue weighted by atomic mass is 9.94. The van der Waals surface area contributed by atoms with E-state index in [2.05, 4.69) is 0 Å². The summed E-state index contributed by atoms with van der Waals surface area (Å²) in [4.78, 5) is 29.2. The molecular weight excluding hydrogens is 338 g/mol. The fraction of sp³-hybridized carbons (Fsp3) is 0.579. The average molecular weight is 364 g/mol. The summed E-state index contributed by atoms with van der Waals surface area (Å²) in [6.45, 7) is 2.78. The van der Waals surface area contributed by atoms with E-state index in [1.54, 1.807) is 12.1 Å². The van der Waals surface area contributed by atoms with Gasteiger partial charge in [-0.1, -0.05) is 23.7 Å². The van der Waals surface area contributed by atoms with Crippen molar-refractivity contribution in [2.45, 2.75) is 38.1 Å². The molecule has 0 aromatic heterocycles. The maximum absolute atomic E-state index is 12.8. The molecule has 2 heterocycles. The molecule has 2 amide bonds. The Morgan fingerprint density at radius 3 is 2.36 bits per heavy atom. The maximum Gasteiger partial charge on any atom is 0.255 e. The number of halogens is 1. The summed E-state index contributed by atoms with van der Waals surface area (Å²) in [6, 6.07) is 7.33. The van der Waals surface area contributed by atoms with E-state index in [1.807, 2.05) is 21.9 Å². The van der Waals surface area contributed by atoms with Gasteiger partial charge in [-0.05, 0) is 44.2 Å². The number of rotatable bonds is 2. The number of nitrogens with zero attached hydrogens (tertiary/aromatic N) is 2. The molecule has 2 aliphatic heterocycles. The molecule has 1 unspecified atom stereocenters. The Hall–Kier alpha value is -1.59. The van der Waals surface area contributed by atoms with Crippen molar-refractivity contribution in [3.05, 3.63) is 34.9 Å². The van der Waals surface area contributed by atoms with Crippen LogP contribution in [0.1, 0.15) is 42.5 Å². The fourth-order valence-electron chi connectivity index (χ4n) is 3.74. The minimum Gasteiger partial charge on any atom is -0.342 e. The van der Waals surface area contributed by atoms with E-state index in [4.69, 9.17) is 17.3 Å². The van der Waals surface area contributed by atoms with Crippen molar-refractivity contribution in [3.63, 3.8) is 0 Å². The monoisotopic (exact) mass is 363 g/mol. The number of hydrogen-bond donors (Lipinski definition) is 1. The number of benzene rings is 1. The molecule has 0 aliphatic carbocycles. The van der Waals surface area contributed by atoms with Crippen molar-refractivity contribution < 1.29 is 9.59 Å². The average Bonchev–Trinajstić information content (AvgIpc) is 2.86. The Morgan fingerprint density at radius 2 is 1.64 bits per heavy atom. The van der Waals surface area contributed by atoms with E-state index in [0.717, 1.165) is 45.2 Å². The van der Waals surface area contributed by atoms with Crippen LogP contribution in [0.25, 0.3) is 0 Å². The van der Waals surface area contributed by atoms with E-state index < -0.39 is 0 Å². The highest BCUT2D eigenvalue weighted by atomic mass is 35.5. The number of piperidine rings is 1. The molecule has 1 atom stereocenters. The summed E-state index contributed by atoms with van der Waals surface area (Å²) in [5.41, 5.74) is 6.54. The number of carbonyl (C=O) groups is 2. The molecule has 0 radical (unpaired) electrons. The third-order valence-corrected chi connectivity index (χ3v) is 5.65. The first-order valence-corrected chi connectivity index (χ1v) is 9.52. The van der Waals surface area contributed by atoms with Crippen LogP contribution in [0.3, 0.4) is 0 Å². The Kier molecular flexibility index (Phi) is 5.97. The molecule has 0 spiro atoms. The Labute approximate surface area is 154 Å². The van der Waals surface area contributed by atoms with Gasteiger partial charge < -0.3 is 15.5 Å². The zero-order valence-corrected chi connectivity index (χ0v) is 15.3. The van der Waals surface area contributed by atoms with Crippen molar-refractivity contribution >= 4 is 23.4 Å². The van der Waals surface area contributed by atoms with Crippen molar-refractivity contribution in [2.24, 2.45) is 11.7 Å². The van der Waals surface area contributed by atoms with Crippen LogP contribution < -0.4 is 5.73 Å². The van der Waals surface area contributed by atoms with Crippen molar-refractivity contribution in [1.29, 1.82) is 0 Å². The van der Waals surface area contributed by atoms with E-state index >= 15 is 0 Å². The summed E-state index contributed by atoms with van der Waals surface area (Å²) in [6.07, 6.45) is 4.30. The standard InChI is InChI=1S/C19H26ClN3O2/c20-17-6-2-1-5-16(17)19(25)23-11-7-14(8-12-23)18(24)22-10-3-4-15(21)9-13-22/h1-2,5-6,14-15H,3-4,7-13,21H2. The smallest absolute Gasteiger partial charge is 0.255 e. The topological polar surface area (TPSA) is 66.6 Å². The molecule has 3 rings (SSSR count). The predicted molar refractivity (Wildman–Crippen MR) is 98.5 cm³/mol. The second-order valence-electron chi connectivity index (χ2n) is 7.06. The molecule has 1 aromatic carbocycles. The minimum absolute atomic E-state index is 0.0182. The quantitative estimate of drug-likeness (QED) is 0.878. The highest BCUT2D eigenvalue weighted by Crippen LogP contribution is 2.24. The Morgan fingerprint density at radius 1 is 0.960 bits per heavy atom. The lowest BCUT2D eigenvalue weighted by Crippen LogP contribution is -2.44. The van der Waals surface area contributed by atoms with Crippen LogP contribution in [-0.2, 0) is 4.79 Å². The highest BCUT2D eigenvalue weighted by Gasteiger charge is 2.31. The number of carbonyl (C=O) groups excluding carboxylic acids is 2. The van der Waals surface area contributed by atoms with Crippen LogP contribution in [0.15, 0.2) is 24.3 Å². The molecule has 2 N–H and O–H groups in total. The van der Waals surface area contributed by atoms with Gasteiger partial charge in [0.2, 0.25) is 5.91 Å². The largest absolute Gasteiger partial charge is 0.342 e. The second kappa shape index (κ2) is 8.19. The molecule has 1 aromatic rings. The fourth-order valence-corrected chi connectivity index (χ4v) is 3.95. The van der Waals surface area contributed by atoms with Gasteiger partial charge in [-0.15, -0.1) is 0 Å². The molecule has 0 saturated carbocycles. The number of amides is 2. The summed E-state index contributed by atoms with van der Waals surface area (Å²) in [5, 5.41) is 0.478. The van der Waals surface area contributed by atoms with Gasteiger partial charge in [0.25, 0.3) is 5.91 Å². The molecule has 0 bridgehead atoms. The van der Waals surface area contributed by atoms with Gasteiger partial charge in [-0.25, -0.2) is 0 Å². The lowest BCUT2D eigenvalue weighted by Gasteiger charge is -2.34. The third-order valence-electron chi connectivity index (χ3n) is 5.32. The van der Waals surface area contributed by atoms with Crippen LogP contribution >= 0.6 is 11.6 Å². The van der Waals surface area contributed by atoms with Gasteiger partial charge >= 0.3 is 0 Å². The molecule has 6 heteroatoms. The first-order chi connectivity index (χ1) is 12.1. The SMILES string of the molecule is NC1CCCN(C(=O)C2CCN(C(=O)c3ccccc3Cl)CC2)CC1. The van der Waals surface area contributed by atoms with E-state index in [0.29, 0.717) is 23.7 Å². The van der Waals surface area contributed by atoms with Gasteiger partial charge in [0.15, 0.2) is 0 Å². The zero-order chi connectivity index (χ0) is 17.8. The normalized spacial score (nSPS) is 22.6. The molecule has 2 fully saturated rings. The number of likely N-dealkylation sites (tertiary alicyclic amines) is 2. The summed E-state index contributed by atoms with van der Waals surface area (Å²) in [7, 11) is 0. The van der Waals surface area contributed by atoms with Gasteiger partial charge in [-0.2, -0.15) is 0 Å². The summed E-state index contributed by atoms with van der Waals surface area (Å²) >= 11 is 6.13. The summed E-state index contributed by atoms with van der Waals surface area (Å²) in [5.74, 6) is 0.209. The Balaban J connectivity index is 1.55. The predicted octanol–water partition coefficient (Wildman–Crippen LogP) is 2.53. The van der Waals surface area contributed by atoms with E-state index in [9.17, 15) is 9.59 Å². The lowest BCUT2D eigenvalue weighted by molar-refractivity contribution is -0.136. The van der Waals surface area contributed by atoms with Crippen molar-refractivity contribution in [3.8, 4) is 0 Å². The van der Waals surface area contributed by atoms with Crippen LogP contribution in [0.2, 0.25) is 5.02 Å². The molecule has 2 aliphatic rings. The maximum atomic E-state index is 12.8. The first kappa shape index (κ1) is 18.2. The van der Waals surface area contributed by atoms with Crippen LogP contribution in [0.5, 0.6) is 0 Å². The number of hydrogen-bond acceptors (Lipinski definition) is 3. The zero-order valence-electron chi connectivity index (χ0n) is 14.5. The molecule has 136 valence electrons. The van der Waals surface area contributed by atoms with E-state index in [1.165, 1.54) is 0 Å². The molecular formula is C19H26ClN3O2. The molecule has 5 nitrogen and oxygen atoms in total. The summed E-state index contributed by atoms with van der Waals surface area (Å²) < 4.78 is 0. The Bertz CT molecular complexity index is 629. The van der Waals surface area contributed by atoms with Gasteiger partial charge in [0.05, 0.1) is 10.6 Å². The van der Waals surface area contributed by atoms with Crippen LogP contribution in [0.4, 0.5) is 0 Å². The van der Waals surface area contributed by atoms with Gasteiger partial charge in [0.1, 0.15) is 0 Å². The van der Waals surface area contributed by atoms with Crippen molar-refractivity contribution in [1.82, 2.24) is 9.80 Å². The second-order valence-corrected chi connectivity index (χ2v) is 7.47. The van der Waals surface area contributed by atoms with Crippen LogP contribution in [-0.4, -0.2) is 53.8 Å². The number of nitrogens with two attached hydrogens (primary N) is 1. The van der Waals surface area contributed by atoms with Gasteiger partial charge in [-0.3, -0.25) is 9.59 Å². The third kappa shape index (κ3) is 4.33. The van der Waals surface area contributed by atoms with Crippen LogP contribution in [0, 0.1) is 5.92 Å². The molecule has 2 saturated heterocycles.